The van der Waals surface area contributed by atoms with E-state index in [4.69, 9.17) is 19.6 Å². The maximum Gasteiger partial charge on any atom is 0.242 e. The fourth-order valence-electron chi connectivity index (χ4n) is 4.45. The van der Waals surface area contributed by atoms with Crippen LogP contribution in [0.3, 0.4) is 0 Å². The van der Waals surface area contributed by atoms with Crippen LogP contribution < -0.4 is 20.0 Å². The van der Waals surface area contributed by atoms with Gasteiger partial charge in [0.1, 0.15) is 12.3 Å². The predicted molar refractivity (Wildman–Crippen MR) is 136 cm³/mol. The van der Waals surface area contributed by atoms with E-state index >= 15 is 0 Å². The van der Waals surface area contributed by atoms with Crippen LogP contribution in [0.5, 0.6) is 11.6 Å². The Morgan fingerprint density at radius 2 is 1.86 bits per heavy atom. The van der Waals surface area contributed by atoms with Crippen LogP contribution in [-0.4, -0.2) is 65.2 Å². The van der Waals surface area contributed by atoms with Gasteiger partial charge in [-0.3, -0.25) is 10.2 Å². The number of anilines is 1. The average Bonchev–Trinajstić information content (AvgIpc) is 3.17. The first-order chi connectivity index (χ1) is 17.2. The summed E-state index contributed by atoms with van der Waals surface area (Å²) in [7, 11) is 1.67. The minimum Gasteiger partial charge on any atom is -0.494 e. The molecule has 2 aromatic heterocycles. The molecule has 4 rings (SSSR count). The van der Waals surface area contributed by atoms with Crippen molar-refractivity contribution in [2.24, 2.45) is 0 Å². The molecule has 1 fully saturated rings. The number of ketones is 1. The zero-order valence-electron chi connectivity index (χ0n) is 22.1. The summed E-state index contributed by atoms with van der Waals surface area (Å²) in [5.41, 5.74) is 3.64. The van der Waals surface area contributed by atoms with Gasteiger partial charge < -0.3 is 19.1 Å². The van der Waals surface area contributed by atoms with Crippen LogP contribution in [-0.2, 0) is 23.1 Å². The van der Waals surface area contributed by atoms with Gasteiger partial charge in [0.25, 0.3) is 0 Å². The molecule has 10 heteroatoms. The topological polar surface area (TPSA) is 107 Å². The lowest BCUT2D eigenvalue weighted by Gasteiger charge is -2.33. The second kappa shape index (κ2) is 10.3. The molecule has 0 amide bonds. The molecule has 36 heavy (non-hydrogen) atoms. The fraction of sp³-hybridized carbons (Fsp3) is 0.538. The molecule has 0 atom stereocenters. The fourth-order valence-corrected chi connectivity index (χ4v) is 4.45. The van der Waals surface area contributed by atoms with Crippen molar-refractivity contribution in [2.75, 3.05) is 44.9 Å². The second-order valence-electron chi connectivity index (χ2n) is 9.86. The van der Waals surface area contributed by atoms with Crippen molar-refractivity contribution in [1.29, 1.82) is 5.41 Å². The molecular weight excluding hydrogens is 460 g/mol. The molecule has 1 aliphatic rings. The Morgan fingerprint density at radius 3 is 2.47 bits per heavy atom. The number of carbonyl (C=O) groups excluding carboxylic acids is 1. The molecule has 0 radical (unpaired) electrons. The van der Waals surface area contributed by atoms with Crippen LogP contribution in [0.1, 0.15) is 56.1 Å². The number of carbonyl (C=O) groups is 1. The van der Waals surface area contributed by atoms with Crippen molar-refractivity contribution in [3.63, 3.8) is 0 Å². The number of methoxy groups -OCH3 is 1. The predicted octanol–water partition coefficient (Wildman–Crippen LogP) is 3.00. The highest BCUT2D eigenvalue weighted by atomic mass is 16.5. The standard InChI is InChI=1S/C26H36N6O4/c1-7-17-15-22(36-8-2)28-32-24(17)29-31(25(32)27)16-21(33)18-13-19(26(3,4)5)23(34-6)20(14-18)30-9-11-35-12-10-30/h13-15,27H,7-12,16H2,1-6H3. The summed E-state index contributed by atoms with van der Waals surface area (Å²) in [5.74, 6) is 1.08. The molecular formula is C26H36N6O4. The lowest BCUT2D eigenvalue weighted by molar-refractivity contribution is 0.0965. The van der Waals surface area contributed by atoms with E-state index < -0.39 is 0 Å². The van der Waals surface area contributed by atoms with E-state index in [0.717, 1.165) is 35.7 Å². The minimum absolute atomic E-state index is 0.0209. The van der Waals surface area contributed by atoms with Gasteiger partial charge in [0.05, 0.1) is 32.6 Å². The number of nitrogens with one attached hydrogen (secondary N) is 1. The molecule has 0 bridgehead atoms. The van der Waals surface area contributed by atoms with Crippen LogP contribution >= 0.6 is 0 Å². The Balaban J connectivity index is 1.76. The first-order valence-electron chi connectivity index (χ1n) is 12.4. The summed E-state index contributed by atoms with van der Waals surface area (Å²) in [6, 6.07) is 5.64. The Hall–Kier alpha value is -3.40. The number of Topliss-reactive ketones (excluding diaryl/α,β-unsaturated/α-hetero) is 1. The third-order valence-electron chi connectivity index (χ3n) is 6.37. The molecule has 3 heterocycles. The molecule has 1 saturated heterocycles. The average molecular weight is 497 g/mol. The van der Waals surface area contributed by atoms with E-state index in [1.807, 2.05) is 32.0 Å². The summed E-state index contributed by atoms with van der Waals surface area (Å²) in [6.45, 7) is 13.3. The summed E-state index contributed by atoms with van der Waals surface area (Å²) in [6.07, 6.45) is 0.701. The van der Waals surface area contributed by atoms with E-state index in [0.29, 0.717) is 43.3 Å². The molecule has 1 N–H and O–H groups in total. The van der Waals surface area contributed by atoms with Crippen molar-refractivity contribution in [2.45, 2.75) is 53.0 Å². The van der Waals surface area contributed by atoms with Crippen LogP contribution in [0, 0.1) is 5.41 Å². The number of benzene rings is 1. The highest BCUT2D eigenvalue weighted by Gasteiger charge is 2.27. The largest absolute Gasteiger partial charge is 0.494 e. The first kappa shape index (κ1) is 25.7. The van der Waals surface area contributed by atoms with Crippen molar-refractivity contribution in [3.8, 4) is 11.6 Å². The smallest absolute Gasteiger partial charge is 0.242 e. The molecule has 1 aromatic carbocycles. The number of hydrogen-bond donors (Lipinski definition) is 1. The second-order valence-corrected chi connectivity index (χ2v) is 9.86. The van der Waals surface area contributed by atoms with Crippen molar-refractivity contribution in [1.82, 2.24) is 19.4 Å². The lowest BCUT2D eigenvalue weighted by Crippen LogP contribution is -2.37. The van der Waals surface area contributed by atoms with Gasteiger partial charge in [0.2, 0.25) is 11.5 Å². The zero-order chi connectivity index (χ0) is 26.0. The van der Waals surface area contributed by atoms with Crippen LogP contribution in [0.4, 0.5) is 5.69 Å². The Morgan fingerprint density at radius 1 is 1.14 bits per heavy atom. The number of aryl methyl sites for hydroxylation is 1. The van der Waals surface area contributed by atoms with Gasteiger partial charge in [0, 0.05) is 35.8 Å². The SMILES string of the molecule is CCOc1cc(CC)c2nn(CC(=O)c3cc(N4CCOCC4)c(OC)c(C(C)(C)C)c3)c(=N)n2n1. The van der Waals surface area contributed by atoms with Gasteiger partial charge in [0.15, 0.2) is 11.4 Å². The molecule has 3 aromatic rings. The van der Waals surface area contributed by atoms with Crippen molar-refractivity contribution in [3.05, 3.63) is 40.5 Å². The van der Waals surface area contributed by atoms with Gasteiger partial charge in [-0.25, -0.2) is 4.68 Å². The van der Waals surface area contributed by atoms with E-state index in [9.17, 15) is 4.79 Å². The zero-order valence-corrected chi connectivity index (χ0v) is 22.1. The van der Waals surface area contributed by atoms with Gasteiger partial charge >= 0.3 is 0 Å². The molecule has 10 nitrogen and oxygen atoms in total. The molecule has 1 aliphatic heterocycles. The number of morpholine rings is 1. The third-order valence-corrected chi connectivity index (χ3v) is 6.37. The van der Waals surface area contributed by atoms with E-state index in [2.05, 4.69) is 35.9 Å². The summed E-state index contributed by atoms with van der Waals surface area (Å²) >= 11 is 0. The molecule has 0 unspecified atom stereocenters. The number of aromatic nitrogens is 4. The normalized spacial score (nSPS) is 14.3. The van der Waals surface area contributed by atoms with Gasteiger partial charge in [-0.1, -0.05) is 27.7 Å². The summed E-state index contributed by atoms with van der Waals surface area (Å²) < 4.78 is 19.8. The molecule has 0 saturated carbocycles. The summed E-state index contributed by atoms with van der Waals surface area (Å²) in [5, 5.41) is 17.6. The van der Waals surface area contributed by atoms with E-state index in [-0.39, 0.29) is 23.4 Å². The van der Waals surface area contributed by atoms with Gasteiger partial charge in [-0.05, 0) is 30.9 Å². The Bertz CT molecular complexity index is 1310. The Labute approximate surface area is 211 Å². The summed E-state index contributed by atoms with van der Waals surface area (Å²) in [4.78, 5) is 15.8. The van der Waals surface area contributed by atoms with Crippen molar-refractivity contribution >= 4 is 17.1 Å². The molecule has 0 aliphatic carbocycles. The number of hydrogen-bond acceptors (Lipinski definition) is 8. The Kier molecular flexibility index (Phi) is 7.35. The van der Waals surface area contributed by atoms with Gasteiger partial charge in [-0.2, -0.15) is 4.52 Å². The van der Waals surface area contributed by atoms with Crippen LogP contribution in [0.25, 0.3) is 5.65 Å². The maximum absolute atomic E-state index is 13.6. The minimum atomic E-state index is -0.241. The number of ether oxygens (including phenoxy) is 3. The maximum atomic E-state index is 13.6. The van der Waals surface area contributed by atoms with Gasteiger partial charge in [-0.15, -0.1) is 10.2 Å². The third kappa shape index (κ3) is 4.95. The highest BCUT2D eigenvalue weighted by Crippen LogP contribution is 2.40. The number of fused-ring (bicyclic) bond motifs is 1. The lowest BCUT2D eigenvalue weighted by atomic mass is 9.84. The van der Waals surface area contributed by atoms with E-state index in [1.54, 1.807) is 7.11 Å². The van der Waals surface area contributed by atoms with E-state index in [1.165, 1.54) is 9.20 Å². The number of nitrogens with zero attached hydrogens (tertiary/aromatic N) is 5. The monoisotopic (exact) mass is 496 g/mol. The number of rotatable bonds is 8. The first-order valence-corrected chi connectivity index (χ1v) is 12.4. The van der Waals surface area contributed by atoms with Crippen molar-refractivity contribution < 1.29 is 19.0 Å². The molecule has 194 valence electrons. The van der Waals surface area contributed by atoms with Crippen LogP contribution in [0.2, 0.25) is 0 Å². The van der Waals surface area contributed by atoms with Crippen LogP contribution in [0.15, 0.2) is 18.2 Å². The molecule has 0 spiro atoms. The quantitative estimate of drug-likeness (QED) is 0.478. The highest BCUT2D eigenvalue weighted by molar-refractivity contribution is 5.97.